The predicted molar refractivity (Wildman–Crippen MR) is 122 cm³/mol. The molecule has 7 heteroatoms. The van der Waals surface area contributed by atoms with Gasteiger partial charge in [-0.05, 0) is 49.6 Å². The molecule has 1 saturated carbocycles. The minimum absolute atomic E-state index is 0.0837. The Balaban J connectivity index is 1.72. The van der Waals surface area contributed by atoms with Gasteiger partial charge in [0, 0.05) is 19.1 Å². The van der Waals surface area contributed by atoms with E-state index >= 15 is 0 Å². The summed E-state index contributed by atoms with van der Waals surface area (Å²) in [6, 6.07) is 13.2. The van der Waals surface area contributed by atoms with Crippen molar-refractivity contribution in [1.82, 2.24) is 14.0 Å². The molecule has 2 aromatic carbocycles. The van der Waals surface area contributed by atoms with Crippen molar-refractivity contribution in [2.24, 2.45) is 0 Å². The summed E-state index contributed by atoms with van der Waals surface area (Å²) in [4.78, 5) is 41.2. The lowest BCUT2D eigenvalue weighted by atomic mass is 9.93. The van der Waals surface area contributed by atoms with Gasteiger partial charge in [0.2, 0.25) is 5.91 Å². The number of hydrogen-bond donors (Lipinski definition) is 0. The molecule has 0 atom stereocenters. The maximum absolute atomic E-state index is 13.6. The minimum Gasteiger partial charge on any atom is -0.334 e. The van der Waals surface area contributed by atoms with Crippen LogP contribution in [0, 0.1) is 5.82 Å². The summed E-state index contributed by atoms with van der Waals surface area (Å²) in [6.07, 6.45) is 5.09. The van der Waals surface area contributed by atoms with Gasteiger partial charge in [-0.2, -0.15) is 0 Å². The summed E-state index contributed by atoms with van der Waals surface area (Å²) in [6.45, 7) is 2.20. The first kappa shape index (κ1) is 22.0. The minimum atomic E-state index is -0.477. The van der Waals surface area contributed by atoms with E-state index in [9.17, 15) is 18.8 Å². The van der Waals surface area contributed by atoms with Gasteiger partial charge in [-0.3, -0.25) is 18.7 Å². The van der Waals surface area contributed by atoms with E-state index in [2.05, 4.69) is 0 Å². The summed E-state index contributed by atoms with van der Waals surface area (Å²) < 4.78 is 15.9. The van der Waals surface area contributed by atoms with Crippen molar-refractivity contribution in [3.05, 3.63) is 80.7 Å². The smallest absolute Gasteiger partial charge is 0.331 e. The molecule has 32 heavy (non-hydrogen) atoms. The van der Waals surface area contributed by atoms with E-state index in [0.29, 0.717) is 17.4 Å². The van der Waals surface area contributed by atoms with Crippen molar-refractivity contribution >= 4 is 16.8 Å². The number of benzene rings is 2. The molecule has 168 valence electrons. The molecule has 0 saturated heterocycles. The summed E-state index contributed by atoms with van der Waals surface area (Å²) in [5, 5.41) is 0.421. The van der Waals surface area contributed by atoms with Crippen LogP contribution in [0.15, 0.2) is 58.1 Å². The Kier molecular flexibility index (Phi) is 6.53. The number of fused-ring (bicyclic) bond motifs is 1. The average molecular weight is 438 g/mol. The van der Waals surface area contributed by atoms with Gasteiger partial charge in [-0.15, -0.1) is 0 Å². The van der Waals surface area contributed by atoms with Gasteiger partial charge < -0.3 is 4.90 Å². The Morgan fingerprint density at radius 3 is 2.38 bits per heavy atom. The molecule has 3 aromatic rings. The Hall–Kier alpha value is -3.22. The van der Waals surface area contributed by atoms with Crippen molar-refractivity contribution in [3.63, 3.8) is 0 Å². The Morgan fingerprint density at radius 1 is 1.00 bits per heavy atom. The van der Waals surface area contributed by atoms with Crippen LogP contribution in [0.25, 0.3) is 10.9 Å². The van der Waals surface area contributed by atoms with Crippen LogP contribution in [0.4, 0.5) is 4.39 Å². The van der Waals surface area contributed by atoms with E-state index in [1.54, 1.807) is 43.3 Å². The van der Waals surface area contributed by atoms with Crippen LogP contribution in [-0.2, 0) is 24.4 Å². The Bertz CT molecular complexity index is 1220. The second-order valence-electron chi connectivity index (χ2n) is 8.38. The molecular weight excluding hydrogens is 409 g/mol. The molecule has 1 fully saturated rings. The van der Waals surface area contributed by atoms with Crippen molar-refractivity contribution < 1.29 is 9.18 Å². The third-order valence-corrected chi connectivity index (χ3v) is 6.34. The van der Waals surface area contributed by atoms with E-state index < -0.39 is 5.69 Å². The fourth-order valence-corrected chi connectivity index (χ4v) is 4.63. The number of amides is 1. The lowest BCUT2D eigenvalue weighted by molar-refractivity contribution is -0.135. The molecule has 0 aliphatic heterocycles. The standard InChI is InChI=1S/C25H28FN3O3/c1-2-27-24(31)21-10-6-7-11-22(21)29(25(27)32)17-23(30)28(20-8-4-3-5-9-20)16-18-12-14-19(26)15-13-18/h6-7,10-15,20H,2-5,8-9,16-17H2,1H3. The number of hydrogen-bond acceptors (Lipinski definition) is 3. The van der Waals surface area contributed by atoms with E-state index in [-0.39, 0.29) is 36.4 Å². The zero-order valence-electron chi connectivity index (χ0n) is 18.3. The highest BCUT2D eigenvalue weighted by molar-refractivity contribution is 5.82. The number of nitrogens with zero attached hydrogens (tertiary/aromatic N) is 3. The van der Waals surface area contributed by atoms with Gasteiger partial charge in [0.1, 0.15) is 12.4 Å². The molecule has 1 heterocycles. The first-order valence-electron chi connectivity index (χ1n) is 11.3. The number of aromatic nitrogens is 2. The highest BCUT2D eigenvalue weighted by Crippen LogP contribution is 2.25. The molecule has 1 aromatic heterocycles. The van der Waals surface area contributed by atoms with Crippen molar-refractivity contribution in [1.29, 1.82) is 0 Å². The molecule has 0 spiro atoms. The van der Waals surface area contributed by atoms with Crippen LogP contribution < -0.4 is 11.2 Å². The first-order chi connectivity index (χ1) is 15.5. The number of carbonyl (C=O) groups excluding carboxylic acids is 1. The largest absolute Gasteiger partial charge is 0.334 e. The molecule has 0 unspecified atom stereocenters. The highest BCUT2D eigenvalue weighted by atomic mass is 19.1. The molecule has 4 rings (SSSR count). The maximum atomic E-state index is 13.6. The first-order valence-corrected chi connectivity index (χ1v) is 11.3. The fourth-order valence-electron chi connectivity index (χ4n) is 4.63. The van der Waals surface area contributed by atoms with Gasteiger partial charge in [-0.1, -0.05) is 43.5 Å². The van der Waals surface area contributed by atoms with E-state index in [4.69, 9.17) is 0 Å². The van der Waals surface area contributed by atoms with E-state index in [1.807, 2.05) is 4.90 Å². The quantitative estimate of drug-likeness (QED) is 0.591. The molecule has 0 bridgehead atoms. The van der Waals surface area contributed by atoms with Crippen LogP contribution in [0.5, 0.6) is 0 Å². The maximum Gasteiger partial charge on any atom is 0.331 e. The summed E-state index contributed by atoms with van der Waals surface area (Å²) >= 11 is 0. The third kappa shape index (κ3) is 4.38. The van der Waals surface area contributed by atoms with Crippen LogP contribution >= 0.6 is 0 Å². The zero-order valence-corrected chi connectivity index (χ0v) is 18.3. The second-order valence-corrected chi connectivity index (χ2v) is 8.38. The third-order valence-electron chi connectivity index (χ3n) is 6.34. The number of rotatable bonds is 6. The van der Waals surface area contributed by atoms with Crippen molar-refractivity contribution in [3.8, 4) is 0 Å². The van der Waals surface area contributed by atoms with Crippen LogP contribution in [0.3, 0.4) is 0 Å². The number of carbonyl (C=O) groups is 1. The molecular formula is C25H28FN3O3. The van der Waals surface area contributed by atoms with E-state index in [1.165, 1.54) is 21.3 Å². The van der Waals surface area contributed by atoms with Crippen LogP contribution in [-0.4, -0.2) is 26.0 Å². The molecule has 1 aliphatic carbocycles. The van der Waals surface area contributed by atoms with Crippen molar-refractivity contribution in [2.75, 3.05) is 0 Å². The normalized spacial score (nSPS) is 14.6. The van der Waals surface area contributed by atoms with Gasteiger partial charge in [0.15, 0.2) is 0 Å². The Morgan fingerprint density at radius 2 is 1.69 bits per heavy atom. The fraction of sp³-hybridized carbons (Fsp3) is 0.400. The van der Waals surface area contributed by atoms with Gasteiger partial charge >= 0.3 is 5.69 Å². The average Bonchev–Trinajstić information content (AvgIpc) is 2.82. The van der Waals surface area contributed by atoms with Gasteiger partial charge in [-0.25, -0.2) is 9.18 Å². The lowest BCUT2D eigenvalue weighted by Crippen LogP contribution is -2.46. The molecule has 0 N–H and O–H groups in total. The predicted octanol–water partition coefficient (Wildman–Crippen LogP) is 3.68. The molecule has 1 amide bonds. The summed E-state index contributed by atoms with van der Waals surface area (Å²) in [5.74, 6) is -0.487. The zero-order chi connectivity index (χ0) is 22.7. The summed E-state index contributed by atoms with van der Waals surface area (Å²) in [7, 11) is 0. The molecule has 0 radical (unpaired) electrons. The number of halogens is 1. The highest BCUT2D eigenvalue weighted by Gasteiger charge is 2.27. The van der Waals surface area contributed by atoms with E-state index in [0.717, 1.165) is 37.7 Å². The van der Waals surface area contributed by atoms with Crippen LogP contribution in [0.1, 0.15) is 44.6 Å². The second kappa shape index (κ2) is 9.51. The molecule has 6 nitrogen and oxygen atoms in total. The van der Waals surface area contributed by atoms with Gasteiger partial charge in [0.05, 0.1) is 10.9 Å². The Labute approximate surface area is 185 Å². The summed E-state index contributed by atoms with van der Waals surface area (Å²) in [5.41, 5.74) is 0.495. The molecule has 1 aliphatic rings. The lowest BCUT2D eigenvalue weighted by Gasteiger charge is -2.35. The van der Waals surface area contributed by atoms with Crippen LogP contribution in [0.2, 0.25) is 0 Å². The number of para-hydroxylation sites is 1. The van der Waals surface area contributed by atoms with Crippen molar-refractivity contribution in [2.45, 2.75) is 64.7 Å². The topological polar surface area (TPSA) is 64.3 Å². The van der Waals surface area contributed by atoms with Gasteiger partial charge in [0.25, 0.3) is 5.56 Å². The SMILES string of the molecule is CCn1c(=O)c2ccccc2n(CC(=O)N(Cc2ccc(F)cc2)C2CCCCC2)c1=O. The monoisotopic (exact) mass is 437 g/mol.